The van der Waals surface area contributed by atoms with E-state index in [4.69, 9.17) is 22.7 Å². The second-order valence-corrected chi connectivity index (χ2v) is 5.85. The normalized spacial score (nSPS) is 10.3. The zero-order valence-corrected chi connectivity index (χ0v) is 14.1. The molecular formula is C13H17IN2O3S. The van der Waals surface area contributed by atoms with E-state index >= 15 is 0 Å². The summed E-state index contributed by atoms with van der Waals surface area (Å²) in [4.78, 5) is 14.4. The fraction of sp³-hybridized carbons (Fsp3) is 0.385. The Morgan fingerprint density at radius 1 is 1.50 bits per heavy atom. The number of carbonyl (C=O) groups is 1. The molecule has 5 nitrogen and oxygen atoms in total. The highest BCUT2D eigenvalue weighted by Gasteiger charge is 2.16. The summed E-state index contributed by atoms with van der Waals surface area (Å²) in [6.45, 7) is 1.31. The minimum absolute atomic E-state index is 0.0949. The monoisotopic (exact) mass is 408 g/mol. The van der Waals surface area contributed by atoms with Gasteiger partial charge in [0.15, 0.2) is 0 Å². The number of carbonyl (C=O) groups excluding carboxylic acids is 1. The van der Waals surface area contributed by atoms with Crippen LogP contribution in [0.25, 0.3) is 0 Å². The largest absolute Gasteiger partial charge is 0.507 e. The van der Waals surface area contributed by atoms with E-state index in [1.165, 1.54) is 6.07 Å². The van der Waals surface area contributed by atoms with Crippen molar-refractivity contribution in [1.82, 2.24) is 4.90 Å². The lowest BCUT2D eigenvalue weighted by atomic mass is 10.2. The van der Waals surface area contributed by atoms with Crippen LogP contribution >= 0.6 is 34.8 Å². The summed E-state index contributed by atoms with van der Waals surface area (Å²) < 4.78 is 5.70. The number of nitrogens with zero attached hydrogens (tertiary/aromatic N) is 1. The molecule has 0 aromatic heterocycles. The third-order valence-electron chi connectivity index (χ3n) is 2.67. The van der Waals surface area contributed by atoms with Crippen LogP contribution in [0.15, 0.2) is 18.2 Å². The van der Waals surface area contributed by atoms with Gasteiger partial charge >= 0.3 is 0 Å². The van der Waals surface area contributed by atoms with Crippen molar-refractivity contribution in [3.05, 3.63) is 27.3 Å². The van der Waals surface area contributed by atoms with Gasteiger partial charge in [0.1, 0.15) is 5.75 Å². The first-order valence-corrected chi connectivity index (χ1v) is 7.49. The van der Waals surface area contributed by atoms with Gasteiger partial charge < -0.3 is 20.5 Å². The molecule has 1 amide bonds. The van der Waals surface area contributed by atoms with Crippen LogP contribution in [0.5, 0.6) is 5.75 Å². The lowest BCUT2D eigenvalue weighted by molar-refractivity contribution is 0.0701. The Morgan fingerprint density at radius 3 is 2.75 bits per heavy atom. The number of methoxy groups -OCH3 is 1. The highest BCUT2D eigenvalue weighted by Crippen LogP contribution is 2.21. The Hall–Kier alpha value is -0.930. The molecule has 1 rings (SSSR count). The Kier molecular flexibility index (Phi) is 7.17. The summed E-state index contributed by atoms with van der Waals surface area (Å²) >= 11 is 6.84. The molecule has 0 atom stereocenters. The van der Waals surface area contributed by atoms with Crippen molar-refractivity contribution < 1.29 is 14.6 Å². The molecule has 0 aliphatic rings. The maximum atomic E-state index is 12.4. The summed E-state index contributed by atoms with van der Waals surface area (Å²) in [7, 11) is 1.58. The van der Waals surface area contributed by atoms with Crippen LogP contribution in [0.1, 0.15) is 16.8 Å². The van der Waals surface area contributed by atoms with E-state index in [1.807, 2.05) is 22.6 Å². The molecule has 0 saturated carbocycles. The van der Waals surface area contributed by atoms with Crippen molar-refractivity contribution in [2.24, 2.45) is 5.73 Å². The standard InChI is InChI=1S/C13H17IN2O3S/c1-19-7-6-16(5-4-12(15)20)13(18)9-2-3-10(14)11(17)8-9/h2-3,8,17H,4-7H2,1H3,(H2,15,20). The smallest absolute Gasteiger partial charge is 0.254 e. The number of halogens is 1. The van der Waals surface area contributed by atoms with Gasteiger partial charge in [0, 0.05) is 32.2 Å². The number of ether oxygens (including phenoxy) is 1. The van der Waals surface area contributed by atoms with E-state index in [0.717, 1.165) is 0 Å². The molecule has 0 fully saturated rings. The number of aromatic hydroxyl groups is 1. The molecular weight excluding hydrogens is 391 g/mol. The zero-order valence-electron chi connectivity index (χ0n) is 11.1. The first-order chi connectivity index (χ1) is 9.45. The van der Waals surface area contributed by atoms with Gasteiger partial charge in [-0.05, 0) is 40.8 Å². The predicted octanol–water partition coefficient (Wildman–Crippen LogP) is 1.76. The molecule has 0 heterocycles. The highest BCUT2D eigenvalue weighted by atomic mass is 127. The molecule has 3 N–H and O–H groups in total. The van der Waals surface area contributed by atoms with Crippen molar-refractivity contribution in [3.63, 3.8) is 0 Å². The maximum Gasteiger partial charge on any atom is 0.254 e. The number of amides is 1. The molecule has 0 aliphatic heterocycles. The number of hydrogen-bond donors (Lipinski definition) is 2. The number of benzene rings is 1. The average Bonchev–Trinajstić information content (AvgIpc) is 2.41. The Morgan fingerprint density at radius 2 is 2.20 bits per heavy atom. The average molecular weight is 408 g/mol. The summed E-state index contributed by atoms with van der Waals surface area (Å²) in [5, 5.41) is 9.68. The molecule has 0 saturated heterocycles. The van der Waals surface area contributed by atoms with E-state index in [0.29, 0.717) is 40.2 Å². The lowest BCUT2D eigenvalue weighted by Crippen LogP contribution is -2.36. The molecule has 0 bridgehead atoms. The number of phenolic OH excluding ortho intramolecular Hbond substituents is 1. The van der Waals surface area contributed by atoms with E-state index < -0.39 is 0 Å². The number of thiocarbonyl (C=S) groups is 1. The summed E-state index contributed by atoms with van der Waals surface area (Å²) in [6, 6.07) is 4.85. The molecule has 7 heteroatoms. The zero-order chi connectivity index (χ0) is 15.1. The Bertz CT molecular complexity index is 497. The van der Waals surface area contributed by atoms with Gasteiger partial charge in [-0.15, -0.1) is 0 Å². The third-order valence-corrected chi connectivity index (χ3v) is 3.79. The predicted molar refractivity (Wildman–Crippen MR) is 90.0 cm³/mol. The van der Waals surface area contributed by atoms with Gasteiger partial charge in [-0.2, -0.15) is 0 Å². The Labute approximate surface area is 137 Å². The van der Waals surface area contributed by atoms with Crippen LogP contribution in [0.3, 0.4) is 0 Å². The fourth-order valence-corrected chi connectivity index (χ4v) is 2.02. The van der Waals surface area contributed by atoms with E-state index in [-0.39, 0.29) is 11.7 Å². The van der Waals surface area contributed by atoms with Crippen molar-refractivity contribution in [1.29, 1.82) is 0 Å². The molecule has 0 spiro atoms. The van der Waals surface area contributed by atoms with Gasteiger partial charge in [-0.3, -0.25) is 4.79 Å². The van der Waals surface area contributed by atoms with Crippen molar-refractivity contribution in [3.8, 4) is 5.75 Å². The first-order valence-electron chi connectivity index (χ1n) is 6.00. The topological polar surface area (TPSA) is 75.8 Å². The number of nitrogens with two attached hydrogens (primary N) is 1. The third kappa shape index (κ3) is 5.22. The van der Waals surface area contributed by atoms with Gasteiger partial charge in [-0.1, -0.05) is 12.2 Å². The van der Waals surface area contributed by atoms with Crippen molar-refractivity contribution in [2.75, 3.05) is 26.8 Å². The van der Waals surface area contributed by atoms with E-state index in [9.17, 15) is 9.90 Å². The van der Waals surface area contributed by atoms with E-state index in [1.54, 1.807) is 24.1 Å². The second kappa shape index (κ2) is 8.38. The minimum atomic E-state index is -0.176. The van der Waals surface area contributed by atoms with Crippen LogP contribution < -0.4 is 5.73 Å². The molecule has 110 valence electrons. The quantitative estimate of drug-likeness (QED) is 0.531. The molecule has 0 unspecified atom stereocenters. The molecule has 1 aromatic carbocycles. The number of rotatable bonds is 7. The fourth-order valence-electron chi connectivity index (χ4n) is 1.59. The molecule has 1 aromatic rings. The lowest BCUT2D eigenvalue weighted by Gasteiger charge is -2.22. The second-order valence-electron chi connectivity index (χ2n) is 4.17. The van der Waals surface area contributed by atoms with Gasteiger partial charge in [0.25, 0.3) is 5.91 Å². The maximum absolute atomic E-state index is 12.4. The molecule has 0 radical (unpaired) electrons. The highest BCUT2D eigenvalue weighted by molar-refractivity contribution is 14.1. The van der Waals surface area contributed by atoms with Crippen molar-refractivity contribution >= 4 is 45.7 Å². The van der Waals surface area contributed by atoms with Crippen LogP contribution in [0, 0.1) is 3.57 Å². The van der Waals surface area contributed by atoms with Crippen molar-refractivity contribution in [2.45, 2.75) is 6.42 Å². The van der Waals surface area contributed by atoms with Gasteiger partial charge in [0.05, 0.1) is 15.2 Å². The Balaban J connectivity index is 2.84. The number of phenols is 1. The van der Waals surface area contributed by atoms with E-state index in [2.05, 4.69) is 0 Å². The summed E-state index contributed by atoms with van der Waals surface area (Å²) in [6.07, 6.45) is 0.459. The van der Waals surface area contributed by atoms with Gasteiger partial charge in [-0.25, -0.2) is 0 Å². The summed E-state index contributed by atoms with van der Waals surface area (Å²) in [5.41, 5.74) is 5.91. The van der Waals surface area contributed by atoms with Crippen LogP contribution in [-0.4, -0.2) is 47.7 Å². The number of hydrogen-bond acceptors (Lipinski definition) is 4. The first kappa shape index (κ1) is 17.1. The molecule has 0 aliphatic carbocycles. The van der Waals surface area contributed by atoms with Gasteiger partial charge in [0.2, 0.25) is 0 Å². The molecule has 20 heavy (non-hydrogen) atoms. The SMILES string of the molecule is COCCN(CCC(N)=S)C(=O)c1ccc(I)c(O)c1. The van der Waals surface area contributed by atoms with Crippen LogP contribution in [0.2, 0.25) is 0 Å². The minimum Gasteiger partial charge on any atom is -0.507 e. The van der Waals surface area contributed by atoms with Crippen LogP contribution in [-0.2, 0) is 4.74 Å². The summed E-state index contributed by atoms with van der Waals surface area (Å²) in [5.74, 6) is -0.0810. The van der Waals surface area contributed by atoms with Crippen LogP contribution in [0.4, 0.5) is 0 Å².